The summed E-state index contributed by atoms with van der Waals surface area (Å²) in [6, 6.07) is -0.841. The fourth-order valence-corrected chi connectivity index (χ4v) is 5.39. The fourth-order valence-electron chi connectivity index (χ4n) is 5.39. The summed E-state index contributed by atoms with van der Waals surface area (Å²) in [6.07, 6.45) is 10.8. The lowest BCUT2D eigenvalue weighted by Gasteiger charge is -2.35. The SMILES string of the molecule is CCCCCN1CC=CC23O[C@@H]4C=CCCOC(=O)C4[C@H]2C(=O)N(CCCO)[C@@H]3C1=O. The van der Waals surface area contributed by atoms with Crippen molar-refractivity contribution >= 4 is 17.8 Å². The van der Waals surface area contributed by atoms with Crippen molar-refractivity contribution in [2.45, 2.75) is 56.8 Å². The van der Waals surface area contributed by atoms with Crippen molar-refractivity contribution in [3.8, 4) is 0 Å². The minimum atomic E-state index is -1.20. The lowest BCUT2D eigenvalue weighted by molar-refractivity contribution is -0.155. The number of cyclic esters (lactones) is 1. The number of ether oxygens (including phenoxy) is 2. The zero-order chi connectivity index (χ0) is 22.0. The summed E-state index contributed by atoms with van der Waals surface area (Å²) in [5, 5.41) is 9.36. The number of unbranched alkanes of at least 4 members (excludes halogenated alkanes) is 2. The minimum absolute atomic E-state index is 0.0872. The first-order chi connectivity index (χ1) is 15.0. The second-order valence-corrected chi connectivity index (χ2v) is 8.73. The number of aliphatic hydroxyl groups is 1. The number of hydrogen-bond donors (Lipinski definition) is 1. The van der Waals surface area contributed by atoms with E-state index in [2.05, 4.69) is 6.92 Å². The van der Waals surface area contributed by atoms with E-state index in [0.29, 0.717) is 25.9 Å². The van der Waals surface area contributed by atoms with Crippen LogP contribution in [0, 0.1) is 11.8 Å². The molecular formula is C23H32N2O6. The van der Waals surface area contributed by atoms with E-state index in [0.717, 1.165) is 19.3 Å². The molecule has 8 nitrogen and oxygen atoms in total. The van der Waals surface area contributed by atoms with Crippen LogP contribution in [0.3, 0.4) is 0 Å². The van der Waals surface area contributed by atoms with Gasteiger partial charge in [-0.1, -0.05) is 44.1 Å². The molecule has 31 heavy (non-hydrogen) atoms. The highest BCUT2D eigenvalue weighted by Gasteiger charge is 2.71. The zero-order valence-corrected chi connectivity index (χ0v) is 18.1. The molecule has 2 saturated heterocycles. The summed E-state index contributed by atoms with van der Waals surface area (Å²) < 4.78 is 11.8. The Morgan fingerprint density at radius 1 is 1.13 bits per heavy atom. The maximum absolute atomic E-state index is 13.7. The highest BCUT2D eigenvalue weighted by molar-refractivity contribution is 5.99. The number of carbonyl (C=O) groups excluding carboxylic acids is 3. The van der Waals surface area contributed by atoms with Crippen molar-refractivity contribution in [1.82, 2.24) is 9.80 Å². The quantitative estimate of drug-likeness (QED) is 0.367. The lowest BCUT2D eigenvalue weighted by atomic mass is 9.77. The predicted octanol–water partition coefficient (Wildman–Crippen LogP) is 1.04. The number of aliphatic hydroxyl groups excluding tert-OH is 1. The van der Waals surface area contributed by atoms with Crippen molar-refractivity contribution in [1.29, 1.82) is 0 Å². The molecule has 2 amide bonds. The van der Waals surface area contributed by atoms with E-state index >= 15 is 0 Å². The molecule has 4 aliphatic rings. The molecule has 2 unspecified atom stereocenters. The third kappa shape index (κ3) is 3.69. The number of nitrogens with zero attached hydrogens (tertiary/aromatic N) is 2. The highest BCUT2D eigenvalue weighted by atomic mass is 16.6. The third-order valence-electron chi connectivity index (χ3n) is 6.79. The van der Waals surface area contributed by atoms with E-state index in [1.807, 2.05) is 24.3 Å². The molecule has 2 fully saturated rings. The summed E-state index contributed by atoms with van der Waals surface area (Å²) in [4.78, 5) is 43.5. The van der Waals surface area contributed by atoms with Gasteiger partial charge in [-0.25, -0.2) is 0 Å². The maximum Gasteiger partial charge on any atom is 0.312 e. The van der Waals surface area contributed by atoms with E-state index < -0.39 is 35.6 Å². The Kier molecular flexibility index (Phi) is 6.48. The molecule has 0 saturated carbocycles. The molecule has 0 aromatic rings. The molecule has 170 valence electrons. The van der Waals surface area contributed by atoms with Gasteiger partial charge in [0.2, 0.25) is 11.8 Å². The molecule has 1 N–H and O–H groups in total. The van der Waals surface area contributed by atoms with Gasteiger partial charge in [0.1, 0.15) is 17.6 Å². The van der Waals surface area contributed by atoms with Crippen molar-refractivity contribution < 1.29 is 29.0 Å². The zero-order valence-electron chi connectivity index (χ0n) is 18.1. The molecule has 5 atom stereocenters. The van der Waals surface area contributed by atoms with Crippen LogP contribution < -0.4 is 0 Å². The van der Waals surface area contributed by atoms with Gasteiger partial charge in [0, 0.05) is 26.2 Å². The van der Waals surface area contributed by atoms with Crippen molar-refractivity contribution in [3.63, 3.8) is 0 Å². The van der Waals surface area contributed by atoms with Gasteiger partial charge in [0.25, 0.3) is 0 Å². The Balaban J connectivity index is 1.73. The third-order valence-corrected chi connectivity index (χ3v) is 6.79. The molecule has 4 rings (SSSR count). The van der Waals surface area contributed by atoms with Crippen molar-refractivity contribution in [2.75, 3.05) is 32.8 Å². The van der Waals surface area contributed by atoms with Crippen LogP contribution in [0.5, 0.6) is 0 Å². The van der Waals surface area contributed by atoms with E-state index in [-0.39, 0.29) is 31.6 Å². The Morgan fingerprint density at radius 2 is 1.97 bits per heavy atom. The standard InChI is InChI=1S/C23H32N2O6/c1-2-3-5-11-24-12-7-10-23-18(17-16(31-23)9-4-6-15-30-22(17)29)20(27)25(13-8-14-26)19(23)21(24)28/h4,7,9-10,16-19,26H,2-3,5-6,8,11-15H2,1H3/t16-,17?,18+,19-,23?/m1/s1. The first-order valence-corrected chi connectivity index (χ1v) is 11.4. The van der Waals surface area contributed by atoms with Gasteiger partial charge >= 0.3 is 5.97 Å². The summed E-state index contributed by atoms with van der Waals surface area (Å²) in [5.41, 5.74) is -1.20. The average molecular weight is 433 g/mol. The Bertz CT molecular complexity index is 780. The number of likely N-dealkylation sites (tertiary alicyclic amines) is 1. The summed E-state index contributed by atoms with van der Waals surface area (Å²) in [5.74, 6) is -2.47. The smallest absolute Gasteiger partial charge is 0.312 e. The van der Waals surface area contributed by atoms with Crippen LogP contribution >= 0.6 is 0 Å². The van der Waals surface area contributed by atoms with Crippen LogP contribution in [-0.4, -0.2) is 83.3 Å². The monoisotopic (exact) mass is 432 g/mol. The van der Waals surface area contributed by atoms with Gasteiger partial charge in [-0.2, -0.15) is 0 Å². The molecule has 0 radical (unpaired) electrons. The second-order valence-electron chi connectivity index (χ2n) is 8.73. The summed E-state index contributed by atoms with van der Waals surface area (Å²) in [7, 11) is 0. The molecule has 4 aliphatic heterocycles. The van der Waals surface area contributed by atoms with Gasteiger partial charge < -0.3 is 24.4 Å². The minimum Gasteiger partial charge on any atom is -0.465 e. The fraction of sp³-hybridized carbons (Fsp3) is 0.696. The number of fused-ring (bicyclic) bond motifs is 2. The molecule has 8 heteroatoms. The molecular weight excluding hydrogens is 400 g/mol. The predicted molar refractivity (Wildman–Crippen MR) is 112 cm³/mol. The van der Waals surface area contributed by atoms with Gasteiger partial charge in [-0.3, -0.25) is 14.4 Å². The van der Waals surface area contributed by atoms with E-state index in [9.17, 15) is 19.5 Å². The summed E-state index contributed by atoms with van der Waals surface area (Å²) >= 11 is 0. The molecule has 0 aliphatic carbocycles. The Hall–Kier alpha value is -2.19. The molecule has 0 aromatic carbocycles. The molecule has 4 heterocycles. The number of carbonyl (C=O) groups is 3. The van der Waals surface area contributed by atoms with E-state index in [1.54, 1.807) is 4.90 Å². The number of hydrogen-bond acceptors (Lipinski definition) is 6. The molecule has 0 bridgehead atoms. The van der Waals surface area contributed by atoms with Crippen LogP contribution in [0.2, 0.25) is 0 Å². The van der Waals surface area contributed by atoms with Crippen LogP contribution in [0.4, 0.5) is 0 Å². The second kappa shape index (κ2) is 9.12. The van der Waals surface area contributed by atoms with Crippen LogP contribution in [0.1, 0.15) is 39.0 Å². The van der Waals surface area contributed by atoms with Crippen molar-refractivity contribution in [2.24, 2.45) is 11.8 Å². The molecule has 0 aromatic heterocycles. The summed E-state index contributed by atoms with van der Waals surface area (Å²) in [6.45, 7) is 3.61. The Morgan fingerprint density at radius 3 is 2.74 bits per heavy atom. The van der Waals surface area contributed by atoms with Crippen LogP contribution in [0.25, 0.3) is 0 Å². The average Bonchev–Trinajstić information content (AvgIpc) is 3.12. The van der Waals surface area contributed by atoms with Gasteiger partial charge in [-0.05, 0) is 19.3 Å². The van der Waals surface area contributed by atoms with Crippen LogP contribution in [-0.2, 0) is 23.9 Å². The van der Waals surface area contributed by atoms with Gasteiger partial charge in [0.05, 0.1) is 18.6 Å². The Labute approximate surface area is 182 Å². The molecule has 1 spiro atoms. The first-order valence-electron chi connectivity index (χ1n) is 11.4. The lowest BCUT2D eigenvalue weighted by Crippen LogP contribution is -2.55. The number of esters is 1. The maximum atomic E-state index is 13.7. The van der Waals surface area contributed by atoms with Gasteiger partial charge in [0.15, 0.2) is 0 Å². The van der Waals surface area contributed by atoms with E-state index in [4.69, 9.17) is 9.47 Å². The first kappa shape index (κ1) is 22.0. The highest BCUT2D eigenvalue weighted by Crippen LogP contribution is 2.53. The van der Waals surface area contributed by atoms with E-state index in [1.165, 1.54) is 4.90 Å². The van der Waals surface area contributed by atoms with Crippen molar-refractivity contribution in [3.05, 3.63) is 24.3 Å². The number of rotatable bonds is 7. The number of amides is 2. The normalized spacial score (nSPS) is 34.7. The van der Waals surface area contributed by atoms with Crippen LogP contribution in [0.15, 0.2) is 24.3 Å². The largest absolute Gasteiger partial charge is 0.465 e. The van der Waals surface area contributed by atoms with Gasteiger partial charge in [-0.15, -0.1) is 0 Å². The topological polar surface area (TPSA) is 96.4 Å².